The molecule has 0 aromatic heterocycles. The van der Waals surface area contributed by atoms with Gasteiger partial charge < -0.3 is 14.5 Å². The number of anilines is 1. The molecule has 0 atom stereocenters. The van der Waals surface area contributed by atoms with E-state index in [2.05, 4.69) is 28.9 Å². The second-order valence-electron chi connectivity index (χ2n) is 7.17. The highest BCUT2D eigenvalue weighted by Gasteiger charge is 2.22. The lowest BCUT2D eigenvalue weighted by molar-refractivity contribution is 0.0747. The summed E-state index contributed by atoms with van der Waals surface area (Å²) in [5.41, 5.74) is 3.73. The molecule has 150 valence electrons. The van der Waals surface area contributed by atoms with Crippen LogP contribution in [0.5, 0.6) is 5.75 Å². The molecule has 0 bridgehead atoms. The van der Waals surface area contributed by atoms with E-state index < -0.39 is 0 Å². The van der Waals surface area contributed by atoms with Crippen LogP contribution in [0.2, 0.25) is 0 Å². The molecular formula is C26H24N2O2. The lowest BCUT2D eigenvalue weighted by Gasteiger charge is -2.36. The van der Waals surface area contributed by atoms with Crippen LogP contribution in [-0.2, 0) is 0 Å². The molecule has 4 rings (SSSR count). The topological polar surface area (TPSA) is 32.8 Å². The fourth-order valence-corrected chi connectivity index (χ4v) is 3.50. The minimum Gasteiger partial charge on any atom is -0.497 e. The van der Waals surface area contributed by atoms with Crippen LogP contribution in [0.3, 0.4) is 0 Å². The average Bonchev–Trinajstić information content (AvgIpc) is 2.83. The van der Waals surface area contributed by atoms with Gasteiger partial charge in [0.05, 0.1) is 7.11 Å². The van der Waals surface area contributed by atoms with Crippen molar-refractivity contribution in [1.29, 1.82) is 0 Å². The highest BCUT2D eigenvalue weighted by Crippen LogP contribution is 2.17. The second-order valence-corrected chi connectivity index (χ2v) is 7.17. The van der Waals surface area contributed by atoms with Crippen LogP contribution in [0.25, 0.3) is 0 Å². The molecule has 1 amide bonds. The standard InChI is InChI=1S/C26H24N2O2/c1-30-25-15-11-22(12-16-25)8-7-21-9-13-23(14-10-21)26(29)28-19-17-27(18-20-28)24-5-3-2-4-6-24/h2-6,9-16H,17-20H2,1H3. The highest BCUT2D eigenvalue weighted by atomic mass is 16.5. The molecule has 1 aliphatic heterocycles. The first kappa shape index (κ1) is 19.6. The molecule has 1 heterocycles. The molecule has 0 N–H and O–H groups in total. The predicted octanol–water partition coefficient (Wildman–Crippen LogP) is 4.06. The number of piperazine rings is 1. The first-order valence-electron chi connectivity index (χ1n) is 10.1. The van der Waals surface area contributed by atoms with E-state index in [0.717, 1.165) is 43.1 Å². The number of methoxy groups -OCH3 is 1. The maximum atomic E-state index is 12.9. The summed E-state index contributed by atoms with van der Waals surface area (Å²) in [6.07, 6.45) is 0. The third-order valence-electron chi connectivity index (χ3n) is 5.26. The van der Waals surface area contributed by atoms with Crippen LogP contribution < -0.4 is 9.64 Å². The van der Waals surface area contributed by atoms with Crippen molar-refractivity contribution >= 4 is 11.6 Å². The van der Waals surface area contributed by atoms with Crippen molar-refractivity contribution in [3.05, 3.63) is 95.6 Å². The molecule has 0 spiro atoms. The molecule has 1 fully saturated rings. The smallest absolute Gasteiger partial charge is 0.253 e. The fraction of sp³-hybridized carbons (Fsp3) is 0.192. The van der Waals surface area contributed by atoms with E-state index in [1.807, 2.05) is 71.6 Å². The van der Waals surface area contributed by atoms with Crippen molar-refractivity contribution in [3.63, 3.8) is 0 Å². The Morgan fingerprint density at radius 1 is 0.767 bits per heavy atom. The Balaban J connectivity index is 1.36. The summed E-state index contributed by atoms with van der Waals surface area (Å²) in [4.78, 5) is 17.1. The van der Waals surface area contributed by atoms with Gasteiger partial charge in [-0.2, -0.15) is 0 Å². The van der Waals surface area contributed by atoms with Crippen molar-refractivity contribution in [2.75, 3.05) is 38.2 Å². The fourth-order valence-electron chi connectivity index (χ4n) is 3.50. The van der Waals surface area contributed by atoms with Crippen molar-refractivity contribution in [3.8, 4) is 17.6 Å². The van der Waals surface area contributed by atoms with E-state index in [-0.39, 0.29) is 5.91 Å². The number of carbonyl (C=O) groups excluding carboxylic acids is 1. The summed E-state index contributed by atoms with van der Waals surface area (Å²) in [5, 5.41) is 0. The largest absolute Gasteiger partial charge is 0.497 e. The van der Waals surface area contributed by atoms with Crippen LogP contribution in [0.4, 0.5) is 5.69 Å². The van der Waals surface area contributed by atoms with Gasteiger partial charge in [0.2, 0.25) is 0 Å². The zero-order valence-corrected chi connectivity index (χ0v) is 17.0. The molecule has 0 unspecified atom stereocenters. The molecule has 0 radical (unpaired) electrons. The SMILES string of the molecule is COc1ccc(C#Cc2ccc(C(=O)N3CCN(c4ccccc4)CC3)cc2)cc1. The minimum atomic E-state index is 0.0809. The van der Waals surface area contributed by atoms with E-state index in [9.17, 15) is 4.79 Å². The van der Waals surface area contributed by atoms with Gasteiger partial charge in [-0.1, -0.05) is 30.0 Å². The first-order chi connectivity index (χ1) is 14.7. The van der Waals surface area contributed by atoms with Crippen molar-refractivity contribution in [1.82, 2.24) is 4.90 Å². The van der Waals surface area contributed by atoms with Crippen LogP contribution in [-0.4, -0.2) is 44.1 Å². The molecule has 3 aromatic carbocycles. The van der Waals surface area contributed by atoms with Gasteiger partial charge in [0.1, 0.15) is 5.75 Å². The summed E-state index contributed by atoms with van der Waals surface area (Å²) in [6, 6.07) is 25.5. The Bertz CT molecular complexity index is 1040. The number of hydrogen-bond acceptors (Lipinski definition) is 3. The highest BCUT2D eigenvalue weighted by molar-refractivity contribution is 5.94. The van der Waals surface area contributed by atoms with E-state index in [0.29, 0.717) is 5.56 Å². The molecular weight excluding hydrogens is 372 g/mol. The normalized spacial score (nSPS) is 13.4. The summed E-state index contributed by atoms with van der Waals surface area (Å²) < 4.78 is 5.16. The third kappa shape index (κ3) is 4.64. The third-order valence-corrected chi connectivity index (χ3v) is 5.26. The van der Waals surface area contributed by atoms with Crippen molar-refractivity contribution in [2.24, 2.45) is 0 Å². The first-order valence-corrected chi connectivity index (χ1v) is 10.1. The summed E-state index contributed by atoms with van der Waals surface area (Å²) in [5.74, 6) is 7.18. The second kappa shape index (κ2) is 9.19. The molecule has 30 heavy (non-hydrogen) atoms. The molecule has 0 saturated carbocycles. The van der Waals surface area contributed by atoms with E-state index >= 15 is 0 Å². The quantitative estimate of drug-likeness (QED) is 0.626. The van der Waals surface area contributed by atoms with E-state index in [1.54, 1.807) is 7.11 Å². The molecule has 1 aliphatic rings. The average molecular weight is 396 g/mol. The number of ether oxygens (including phenoxy) is 1. The van der Waals surface area contributed by atoms with E-state index in [4.69, 9.17) is 4.74 Å². The molecule has 1 saturated heterocycles. The van der Waals surface area contributed by atoms with Gasteiger partial charge in [0, 0.05) is 48.6 Å². The predicted molar refractivity (Wildman–Crippen MR) is 120 cm³/mol. The number of hydrogen-bond donors (Lipinski definition) is 0. The zero-order chi connectivity index (χ0) is 20.8. The Hall–Kier alpha value is -3.71. The van der Waals surface area contributed by atoms with Gasteiger partial charge in [-0.05, 0) is 60.7 Å². The summed E-state index contributed by atoms with van der Waals surface area (Å²) in [6.45, 7) is 3.15. The van der Waals surface area contributed by atoms with Gasteiger partial charge >= 0.3 is 0 Å². The maximum Gasteiger partial charge on any atom is 0.253 e. The number of carbonyl (C=O) groups is 1. The van der Waals surface area contributed by atoms with Gasteiger partial charge in [0.25, 0.3) is 5.91 Å². The van der Waals surface area contributed by atoms with Crippen LogP contribution >= 0.6 is 0 Å². The van der Waals surface area contributed by atoms with Gasteiger partial charge in [-0.15, -0.1) is 0 Å². The van der Waals surface area contributed by atoms with Crippen LogP contribution in [0.15, 0.2) is 78.9 Å². The van der Waals surface area contributed by atoms with E-state index in [1.165, 1.54) is 5.69 Å². The van der Waals surface area contributed by atoms with Gasteiger partial charge in [-0.3, -0.25) is 4.79 Å². The zero-order valence-electron chi connectivity index (χ0n) is 17.0. The molecule has 0 aliphatic carbocycles. The maximum absolute atomic E-state index is 12.9. The van der Waals surface area contributed by atoms with Crippen LogP contribution in [0, 0.1) is 11.8 Å². The number of para-hydroxylation sites is 1. The van der Waals surface area contributed by atoms with Crippen molar-refractivity contribution < 1.29 is 9.53 Å². The summed E-state index contributed by atoms with van der Waals surface area (Å²) in [7, 11) is 1.65. The number of nitrogens with zero attached hydrogens (tertiary/aromatic N) is 2. The lowest BCUT2D eigenvalue weighted by atomic mass is 10.1. The Labute approximate surface area is 177 Å². The number of benzene rings is 3. The lowest BCUT2D eigenvalue weighted by Crippen LogP contribution is -2.48. The monoisotopic (exact) mass is 396 g/mol. The Morgan fingerprint density at radius 2 is 1.33 bits per heavy atom. The molecule has 4 heteroatoms. The van der Waals surface area contributed by atoms with Gasteiger partial charge in [-0.25, -0.2) is 0 Å². The molecule has 4 nitrogen and oxygen atoms in total. The summed E-state index contributed by atoms with van der Waals surface area (Å²) >= 11 is 0. The van der Waals surface area contributed by atoms with Gasteiger partial charge in [0.15, 0.2) is 0 Å². The Morgan fingerprint density at radius 3 is 1.90 bits per heavy atom. The van der Waals surface area contributed by atoms with Crippen LogP contribution in [0.1, 0.15) is 21.5 Å². The Kier molecular flexibility index (Phi) is 6.01. The molecule has 3 aromatic rings. The number of rotatable bonds is 3. The van der Waals surface area contributed by atoms with Crippen molar-refractivity contribution in [2.45, 2.75) is 0 Å². The minimum absolute atomic E-state index is 0.0809. The number of amides is 1.